The van der Waals surface area contributed by atoms with Crippen LogP contribution >= 0.6 is 0 Å². The molecule has 0 fully saturated rings. The van der Waals surface area contributed by atoms with Crippen molar-refractivity contribution < 1.29 is 4.74 Å². The van der Waals surface area contributed by atoms with E-state index in [-0.39, 0.29) is 0 Å². The fraction of sp³-hybridized carbons (Fsp3) is 0. The molecular weight excluding hydrogens is 131 g/mol. The van der Waals surface area contributed by atoms with Crippen LogP contribution in [0.5, 0.6) is 0 Å². The molecule has 1 rings (SSSR count). The molecule has 0 saturated carbocycles. The van der Waals surface area contributed by atoms with Gasteiger partial charge in [-0.3, -0.25) is 0 Å². The van der Waals surface area contributed by atoms with Crippen LogP contribution < -0.4 is 0 Å². The number of hydrogen-bond donors (Lipinski definition) is 0. The zero-order valence-electron chi connectivity index (χ0n) is 2.47. The fourth-order valence-corrected chi connectivity index (χ4v) is 0.357. The monoisotopic (exact) mass is 134 g/mol. The summed E-state index contributed by atoms with van der Waals surface area (Å²) >= 11 is 2.68. The van der Waals surface area contributed by atoms with Gasteiger partial charge < -0.3 is 0 Å². The molecule has 2 heteroatoms. The predicted octanol–water partition coefficient (Wildman–Crippen LogP) is -0.171. The Balaban J connectivity index is 2.71. The van der Waals surface area contributed by atoms with Crippen molar-refractivity contribution in [2.45, 2.75) is 0 Å². The molecule has 0 bridgehead atoms. The molecule has 26 valence electrons. The van der Waals surface area contributed by atoms with Crippen molar-refractivity contribution in [1.82, 2.24) is 0 Å². The molecule has 0 aromatic rings. The SMILES string of the molecule is [Se]=C1C=CO1. The molecule has 5 heavy (non-hydrogen) atoms. The zero-order chi connectivity index (χ0) is 3.70. The molecule has 1 nitrogen and oxygen atoms in total. The van der Waals surface area contributed by atoms with Gasteiger partial charge in [-0.2, -0.15) is 0 Å². The Hall–Kier alpha value is -0.0705. The third-order valence-corrected chi connectivity index (χ3v) is 0.876. The van der Waals surface area contributed by atoms with E-state index in [2.05, 4.69) is 20.3 Å². The van der Waals surface area contributed by atoms with Gasteiger partial charge in [0.05, 0.1) is 0 Å². The van der Waals surface area contributed by atoms with Crippen molar-refractivity contribution in [2.75, 3.05) is 0 Å². The van der Waals surface area contributed by atoms with Crippen molar-refractivity contribution in [1.29, 1.82) is 0 Å². The molecule has 0 saturated heterocycles. The minimum absolute atomic E-state index is 0.880. The van der Waals surface area contributed by atoms with Gasteiger partial charge in [0, 0.05) is 0 Å². The summed E-state index contributed by atoms with van der Waals surface area (Å²) in [5.41, 5.74) is 0. The van der Waals surface area contributed by atoms with Gasteiger partial charge in [-0.15, -0.1) is 0 Å². The Labute approximate surface area is 38.0 Å². The molecule has 0 amide bonds. The van der Waals surface area contributed by atoms with Crippen molar-refractivity contribution in [3.63, 3.8) is 0 Å². The first-order valence-corrected chi connectivity index (χ1v) is 2.12. The van der Waals surface area contributed by atoms with Crippen LogP contribution in [-0.4, -0.2) is 20.2 Å². The summed E-state index contributed by atoms with van der Waals surface area (Å²) in [4.78, 5) is 0. The molecule has 0 unspecified atom stereocenters. The molecule has 0 aromatic heterocycles. The van der Waals surface area contributed by atoms with Gasteiger partial charge in [0.25, 0.3) is 0 Å². The minimum atomic E-state index is 0.880. The zero-order valence-corrected chi connectivity index (χ0v) is 4.18. The van der Waals surface area contributed by atoms with Gasteiger partial charge in [-0.1, -0.05) is 0 Å². The topological polar surface area (TPSA) is 9.23 Å². The summed E-state index contributed by atoms with van der Waals surface area (Å²) in [5, 5.41) is 0. The van der Waals surface area contributed by atoms with Crippen molar-refractivity contribution in [3.05, 3.63) is 12.3 Å². The molecule has 0 radical (unpaired) electrons. The van der Waals surface area contributed by atoms with Gasteiger partial charge in [-0.25, -0.2) is 0 Å². The average Bonchev–Trinajstić information content (AvgIpc) is 1.30. The first-order chi connectivity index (χ1) is 2.39. The third-order valence-electron chi connectivity index (χ3n) is 0.388. The van der Waals surface area contributed by atoms with E-state index in [1.54, 1.807) is 6.26 Å². The quantitative estimate of drug-likeness (QED) is 0.417. The van der Waals surface area contributed by atoms with Crippen LogP contribution in [-0.2, 0) is 4.74 Å². The van der Waals surface area contributed by atoms with Gasteiger partial charge in [0.1, 0.15) is 0 Å². The van der Waals surface area contributed by atoms with Gasteiger partial charge in [0.15, 0.2) is 0 Å². The summed E-state index contributed by atoms with van der Waals surface area (Å²) in [7, 11) is 0. The van der Waals surface area contributed by atoms with E-state index < -0.39 is 0 Å². The normalized spacial score (nSPS) is 17.2. The predicted molar refractivity (Wildman–Crippen MR) is 21.0 cm³/mol. The van der Waals surface area contributed by atoms with Crippen molar-refractivity contribution >= 4 is 20.2 Å². The van der Waals surface area contributed by atoms with E-state index in [9.17, 15) is 0 Å². The maximum atomic E-state index is 4.61. The number of rotatable bonds is 0. The molecule has 1 heterocycles. The molecular formula is C3H2OSe. The van der Waals surface area contributed by atoms with Gasteiger partial charge >= 0.3 is 37.3 Å². The molecule has 1 aliphatic rings. The Kier molecular flexibility index (Phi) is 0.601. The van der Waals surface area contributed by atoms with Gasteiger partial charge in [-0.05, 0) is 0 Å². The standard InChI is InChI=1S/C3H2OSe/c5-3-1-2-4-3/h1-2H. The van der Waals surface area contributed by atoms with Crippen LogP contribution in [0, 0.1) is 0 Å². The number of hydrogen-bond acceptors (Lipinski definition) is 1. The Morgan fingerprint density at radius 3 is 2.20 bits per heavy atom. The van der Waals surface area contributed by atoms with E-state index in [1.165, 1.54) is 0 Å². The molecule has 0 spiro atoms. The fourth-order valence-electron chi connectivity index (χ4n) is 0.124. The Morgan fingerprint density at radius 1 is 1.80 bits per heavy atom. The van der Waals surface area contributed by atoms with Crippen LogP contribution in [0.25, 0.3) is 0 Å². The average molecular weight is 133 g/mol. The third kappa shape index (κ3) is 0.416. The summed E-state index contributed by atoms with van der Waals surface area (Å²) in [6, 6.07) is 0. The molecule has 0 N–H and O–H groups in total. The van der Waals surface area contributed by atoms with E-state index >= 15 is 0 Å². The van der Waals surface area contributed by atoms with Crippen LogP contribution in [0.1, 0.15) is 0 Å². The molecule has 0 atom stereocenters. The second-order valence-corrected chi connectivity index (χ2v) is 1.58. The van der Waals surface area contributed by atoms with Gasteiger partial charge in [0.2, 0.25) is 0 Å². The van der Waals surface area contributed by atoms with Crippen molar-refractivity contribution in [3.8, 4) is 0 Å². The first kappa shape index (κ1) is 3.13. The second-order valence-electron chi connectivity index (χ2n) is 0.740. The maximum absolute atomic E-state index is 4.61. The first-order valence-electron chi connectivity index (χ1n) is 1.27. The van der Waals surface area contributed by atoms with Crippen molar-refractivity contribution in [2.24, 2.45) is 0 Å². The summed E-state index contributed by atoms with van der Waals surface area (Å²) < 4.78 is 5.49. The number of ether oxygens (including phenoxy) is 1. The summed E-state index contributed by atoms with van der Waals surface area (Å²) in [5.74, 6) is 0. The van der Waals surface area contributed by atoms with Crippen LogP contribution in [0.2, 0.25) is 0 Å². The Morgan fingerprint density at radius 2 is 2.20 bits per heavy atom. The van der Waals surface area contributed by atoms with Crippen LogP contribution in [0.4, 0.5) is 0 Å². The summed E-state index contributed by atoms with van der Waals surface area (Å²) in [6.07, 6.45) is 3.49. The summed E-state index contributed by atoms with van der Waals surface area (Å²) in [6.45, 7) is 0. The van der Waals surface area contributed by atoms with Crippen LogP contribution in [0.15, 0.2) is 12.3 Å². The van der Waals surface area contributed by atoms with E-state index in [0.29, 0.717) is 0 Å². The van der Waals surface area contributed by atoms with E-state index in [1.807, 2.05) is 6.08 Å². The second kappa shape index (κ2) is 0.959. The van der Waals surface area contributed by atoms with E-state index in [4.69, 9.17) is 0 Å². The molecule has 0 aliphatic carbocycles. The Bertz CT molecular complexity index is 84.9. The molecule has 1 aliphatic heterocycles. The molecule has 0 aromatic carbocycles. The van der Waals surface area contributed by atoms with E-state index in [0.717, 1.165) is 4.60 Å². The van der Waals surface area contributed by atoms with Crippen LogP contribution in [0.3, 0.4) is 0 Å².